The summed E-state index contributed by atoms with van der Waals surface area (Å²) in [5, 5.41) is 0. The molecule has 110 valence electrons. The van der Waals surface area contributed by atoms with Crippen LogP contribution in [0.5, 0.6) is 5.75 Å². The maximum atomic E-state index is 5.78. The van der Waals surface area contributed by atoms with Gasteiger partial charge in [-0.05, 0) is 68.8 Å². The highest BCUT2D eigenvalue weighted by Crippen LogP contribution is 2.36. The van der Waals surface area contributed by atoms with Gasteiger partial charge < -0.3 is 10.5 Å². The summed E-state index contributed by atoms with van der Waals surface area (Å²) < 4.78 is 5.78. The number of hydrogen-bond acceptors (Lipinski definition) is 3. The molecule has 3 nitrogen and oxygen atoms in total. The van der Waals surface area contributed by atoms with E-state index in [0.29, 0.717) is 0 Å². The van der Waals surface area contributed by atoms with Crippen molar-refractivity contribution in [3.63, 3.8) is 0 Å². The van der Waals surface area contributed by atoms with Gasteiger partial charge in [0.15, 0.2) is 0 Å². The number of benzene rings is 1. The van der Waals surface area contributed by atoms with E-state index in [9.17, 15) is 0 Å². The van der Waals surface area contributed by atoms with Gasteiger partial charge in [-0.15, -0.1) is 0 Å². The van der Waals surface area contributed by atoms with E-state index in [1.807, 2.05) is 24.3 Å². The second-order valence-electron chi connectivity index (χ2n) is 6.21. The van der Waals surface area contributed by atoms with Crippen molar-refractivity contribution in [2.24, 2.45) is 5.92 Å². The lowest BCUT2D eigenvalue weighted by atomic mass is 9.92. The zero-order valence-electron chi connectivity index (χ0n) is 12.3. The Kier molecular flexibility index (Phi) is 4.46. The first kappa shape index (κ1) is 13.7. The van der Waals surface area contributed by atoms with E-state index in [1.54, 1.807) is 0 Å². The molecule has 1 aromatic rings. The smallest absolute Gasteiger partial charge is 0.119 e. The molecule has 1 heterocycles. The standard InChI is InChI=1S/C17H26N2O/c18-15-7-9-16(10-8-15)20-13-3-12-19-11-2-5-14-4-1-6-17(14)19/h7-10,14,17H,1-6,11-13,18H2. The van der Waals surface area contributed by atoms with E-state index >= 15 is 0 Å². The summed E-state index contributed by atoms with van der Waals surface area (Å²) in [4.78, 5) is 2.72. The van der Waals surface area contributed by atoms with E-state index in [1.165, 1.54) is 45.2 Å². The number of hydrogen-bond donors (Lipinski definition) is 1. The Morgan fingerprint density at radius 3 is 2.75 bits per heavy atom. The second-order valence-corrected chi connectivity index (χ2v) is 6.21. The van der Waals surface area contributed by atoms with E-state index in [4.69, 9.17) is 10.5 Å². The molecule has 0 aromatic heterocycles. The quantitative estimate of drug-likeness (QED) is 0.661. The Balaban J connectivity index is 1.40. The van der Waals surface area contributed by atoms with Gasteiger partial charge in [0.2, 0.25) is 0 Å². The number of nitrogens with two attached hydrogens (primary N) is 1. The van der Waals surface area contributed by atoms with Crippen molar-refractivity contribution < 1.29 is 4.74 Å². The molecule has 1 aliphatic heterocycles. The molecule has 0 radical (unpaired) electrons. The first-order chi connectivity index (χ1) is 9.83. The Bertz CT molecular complexity index is 418. The van der Waals surface area contributed by atoms with Crippen LogP contribution in [0.15, 0.2) is 24.3 Å². The second kappa shape index (κ2) is 6.49. The van der Waals surface area contributed by atoms with Crippen molar-refractivity contribution in [3.8, 4) is 5.75 Å². The van der Waals surface area contributed by atoms with Crippen LogP contribution < -0.4 is 10.5 Å². The number of nitrogens with zero attached hydrogens (tertiary/aromatic N) is 1. The summed E-state index contributed by atoms with van der Waals surface area (Å²) in [5.41, 5.74) is 6.46. The molecular weight excluding hydrogens is 248 g/mol. The number of piperidine rings is 1. The lowest BCUT2D eigenvalue weighted by molar-refractivity contribution is 0.106. The average Bonchev–Trinajstić information content (AvgIpc) is 2.94. The van der Waals surface area contributed by atoms with Crippen LogP contribution in [0.2, 0.25) is 0 Å². The summed E-state index contributed by atoms with van der Waals surface area (Å²) in [6.45, 7) is 3.29. The molecule has 1 saturated carbocycles. The van der Waals surface area contributed by atoms with Gasteiger partial charge in [-0.3, -0.25) is 4.90 Å². The van der Waals surface area contributed by atoms with E-state index in [2.05, 4.69) is 4.90 Å². The van der Waals surface area contributed by atoms with Crippen molar-refractivity contribution in [2.75, 3.05) is 25.4 Å². The minimum Gasteiger partial charge on any atom is -0.494 e. The van der Waals surface area contributed by atoms with E-state index < -0.39 is 0 Å². The van der Waals surface area contributed by atoms with Crippen molar-refractivity contribution in [1.82, 2.24) is 4.90 Å². The van der Waals surface area contributed by atoms with Crippen molar-refractivity contribution in [2.45, 2.75) is 44.6 Å². The Labute approximate surface area is 122 Å². The lowest BCUT2D eigenvalue weighted by Gasteiger charge is -2.37. The molecular formula is C17H26N2O. The van der Waals surface area contributed by atoms with Crippen LogP contribution in [0.4, 0.5) is 5.69 Å². The average molecular weight is 274 g/mol. The van der Waals surface area contributed by atoms with Crippen LogP contribution in [0.3, 0.4) is 0 Å². The molecule has 2 fully saturated rings. The van der Waals surface area contributed by atoms with Crippen molar-refractivity contribution in [1.29, 1.82) is 0 Å². The molecule has 1 aromatic carbocycles. The topological polar surface area (TPSA) is 38.5 Å². The van der Waals surface area contributed by atoms with Crippen LogP contribution >= 0.6 is 0 Å². The Morgan fingerprint density at radius 2 is 1.90 bits per heavy atom. The molecule has 0 amide bonds. The monoisotopic (exact) mass is 274 g/mol. The van der Waals surface area contributed by atoms with Crippen molar-refractivity contribution in [3.05, 3.63) is 24.3 Å². The SMILES string of the molecule is Nc1ccc(OCCCN2CCCC3CCCC32)cc1. The predicted octanol–water partition coefficient (Wildman–Crippen LogP) is 3.30. The zero-order chi connectivity index (χ0) is 13.8. The van der Waals surface area contributed by atoms with E-state index in [0.717, 1.165) is 36.4 Å². The van der Waals surface area contributed by atoms with Gasteiger partial charge in [-0.1, -0.05) is 6.42 Å². The van der Waals surface area contributed by atoms with Gasteiger partial charge in [0.25, 0.3) is 0 Å². The highest BCUT2D eigenvalue weighted by molar-refractivity contribution is 5.41. The molecule has 3 heteroatoms. The van der Waals surface area contributed by atoms with Crippen molar-refractivity contribution >= 4 is 5.69 Å². The third-order valence-corrected chi connectivity index (χ3v) is 4.85. The molecule has 2 N–H and O–H groups in total. The predicted molar refractivity (Wildman–Crippen MR) is 82.9 cm³/mol. The maximum absolute atomic E-state index is 5.78. The molecule has 1 saturated heterocycles. The first-order valence-electron chi connectivity index (χ1n) is 8.05. The summed E-state index contributed by atoms with van der Waals surface area (Å²) in [6, 6.07) is 8.55. The van der Waals surface area contributed by atoms with Gasteiger partial charge >= 0.3 is 0 Å². The molecule has 0 bridgehead atoms. The lowest BCUT2D eigenvalue weighted by Crippen LogP contribution is -2.43. The number of anilines is 1. The highest BCUT2D eigenvalue weighted by Gasteiger charge is 2.34. The number of rotatable bonds is 5. The summed E-state index contributed by atoms with van der Waals surface area (Å²) in [6.07, 6.45) is 8.29. The summed E-state index contributed by atoms with van der Waals surface area (Å²) >= 11 is 0. The van der Waals surface area contributed by atoms with Gasteiger partial charge in [-0.2, -0.15) is 0 Å². The number of fused-ring (bicyclic) bond motifs is 1. The van der Waals surface area contributed by atoms with E-state index in [-0.39, 0.29) is 0 Å². The van der Waals surface area contributed by atoms with Crippen LogP contribution in [0.25, 0.3) is 0 Å². The summed E-state index contributed by atoms with van der Waals surface area (Å²) in [7, 11) is 0. The fourth-order valence-corrected chi connectivity index (χ4v) is 3.86. The number of likely N-dealkylation sites (tertiary alicyclic amines) is 1. The maximum Gasteiger partial charge on any atom is 0.119 e. The zero-order valence-corrected chi connectivity index (χ0v) is 12.3. The molecule has 2 atom stereocenters. The third kappa shape index (κ3) is 3.26. The van der Waals surface area contributed by atoms with Gasteiger partial charge in [0, 0.05) is 18.3 Å². The minimum absolute atomic E-state index is 0.790. The Morgan fingerprint density at radius 1 is 1.10 bits per heavy atom. The molecule has 2 unspecified atom stereocenters. The highest BCUT2D eigenvalue weighted by atomic mass is 16.5. The minimum atomic E-state index is 0.790. The number of nitrogen functional groups attached to an aromatic ring is 1. The molecule has 0 spiro atoms. The van der Waals surface area contributed by atoms with Gasteiger partial charge in [0.1, 0.15) is 5.75 Å². The largest absolute Gasteiger partial charge is 0.494 e. The first-order valence-corrected chi connectivity index (χ1v) is 8.05. The fraction of sp³-hybridized carbons (Fsp3) is 0.647. The van der Waals surface area contributed by atoms with Gasteiger partial charge in [0.05, 0.1) is 6.61 Å². The number of ether oxygens (including phenoxy) is 1. The van der Waals surface area contributed by atoms with Crippen LogP contribution in [0.1, 0.15) is 38.5 Å². The Hall–Kier alpha value is -1.22. The molecule has 2 aliphatic rings. The van der Waals surface area contributed by atoms with Gasteiger partial charge in [-0.25, -0.2) is 0 Å². The third-order valence-electron chi connectivity index (χ3n) is 4.85. The fourth-order valence-electron chi connectivity index (χ4n) is 3.86. The van der Waals surface area contributed by atoms with Crippen LogP contribution in [-0.4, -0.2) is 30.6 Å². The molecule has 1 aliphatic carbocycles. The normalized spacial score (nSPS) is 26.4. The van der Waals surface area contributed by atoms with Crippen LogP contribution in [0, 0.1) is 5.92 Å². The van der Waals surface area contributed by atoms with Crippen LogP contribution in [-0.2, 0) is 0 Å². The summed E-state index contributed by atoms with van der Waals surface area (Å²) in [5.74, 6) is 1.92. The molecule has 20 heavy (non-hydrogen) atoms. The molecule has 3 rings (SSSR count).